The van der Waals surface area contributed by atoms with Crippen LogP contribution in [0.15, 0.2) is 12.1 Å². The first-order valence-corrected chi connectivity index (χ1v) is 9.77. The zero-order valence-electron chi connectivity index (χ0n) is 11.9. The van der Waals surface area contributed by atoms with E-state index in [1.54, 1.807) is 17.0 Å². The smallest absolute Gasteiger partial charge is 0.264 e. The van der Waals surface area contributed by atoms with Crippen molar-refractivity contribution >= 4 is 38.9 Å². The van der Waals surface area contributed by atoms with Crippen molar-refractivity contribution in [1.82, 2.24) is 9.21 Å². The second-order valence-electron chi connectivity index (χ2n) is 4.96. The maximum atomic E-state index is 12.4. The first-order valence-electron chi connectivity index (χ1n) is 6.96. The number of halogens is 1. The largest absolute Gasteiger partial charge is 0.337 e. The Morgan fingerprint density at radius 1 is 1.29 bits per heavy atom. The van der Waals surface area contributed by atoms with Crippen LogP contribution in [-0.4, -0.2) is 55.5 Å². The van der Waals surface area contributed by atoms with Crippen LogP contribution in [0.25, 0.3) is 0 Å². The van der Waals surface area contributed by atoms with Gasteiger partial charge >= 0.3 is 0 Å². The molecule has 0 atom stereocenters. The first-order chi connectivity index (χ1) is 9.94. The summed E-state index contributed by atoms with van der Waals surface area (Å²) in [6.07, 6.45) is 1.27. The highest BCUT2D eigenvalue weighted by atomic mass is 35.5. The molecule has 0 bridgehead atoms. The zero-order chi connectivity index (χ0) is 15.5. The predicted molar refractivity (Wildman–Crippen MR) is 85.5 cm³/mol. The van der Waals surface area contributed by atoms with E-state index in [0.717, 1.165) is 0 Å². The first kappa shape index (κ1) is 16.7. The third kappa shape index (κ3) is 4.18. The van der Waals surface area contributed by atoms with Crippen molar-refractivity contribution in [3.05, 3.63) is 21.3 Å². The molecule has 0 aliphatic carbocycles. The van der Waals surface area contributed by atoms with Gasteiger partial charge in [-0.3, -0.25) is 4.79 Å². The van der Waals surface area contributed by atoms with Crippen LogP contribution in [0.2, 0.25) is 4.34 Å². The minimum atomic E-state index is -3.19. The molecule has 1 fully saturated rings. The summed E-state index contributed by atoms with van der Waals surface area (Å²) in [7, 11) is -3.19. The van der Waals surface area contributed by atoms with E-state index in [1.165, 1.54) is 15.6 Å². The standard InChI is InChI=1S/C13H19ClN2O3S2/c1-2-10-21(18,19)16-7-3-6-15(8-9-16)13(17)11-4-5-12(14)20-11/h4-5H,2-3,6-10H2,1H3. The van der Waals surface area contributed by atoms with Gasteiger partial charge in [-0.25, -0.2) is 12.7 Å². The molecule has 118 valence electrons. The van der Waals surface area contributed by atoms with Gasteiger partial charge in [-0.1, -0.05) is 18.5 Å². The lowest BCUT2D eigenvalue weighted by atomic mass is 10.3. The second kappa shape index (κ2) is 7.09. The normalized spacial score (nSPS) is 17.7. The molecule has 5 nitrogen and oxygen atoms in total. The Bertz CT molecular complexity index is 600. The fourth-order valence-electron chi connectivity index (χ4n) is 2.35. The Morgan fingerprint density at radius 2 is 2.05 bits per heavy atom. The Kier molecular flexibility index (Phi) is 5.65. The lowest BCUT2D eigenvalue weighted by Gasteiger charge is -2.21. The van der Waals surface area contributed by atoms with Crippen molar-refractivity contribution in [2.75, 3.05) is 31.9 Å². The maximum absolute atomic E-state index is 12.4. The van der Waals surface area contributed by atoms with Crippen molar-refractivity contribution in [2.45, 2.75) is 19.8 Å². The highest BCUT2D eigenvalue weighted by Crippen LogP contribution is 2.23. The molecular weight excluding hydrogens is 332 g/mol. The van der Waals surface area contributed by atoms with Gasteiger partial charge in [0.15, 0.2) is 0 Å². The van der Waals surface area contributed by atoms with Crippen LogP contribution in [0.4, 0.5) is 0 Å². The van der Waals surface area contributed by atoms with Gasteiger partial charge in [0.25, 0.3) is 5.91 Å². The van der Waals surface area contributed by atoms with Gasteiger partial charge in [-0.05, 0) is 25.0 Å². The molecule has 1 saturated heterocycles. The Hall–Kier alpha value is -0.630. The van der Waals surface area contributed by atoms with Crippen LogP contribution in [0, 0.1) is 0 Å². The topological polar surface area (TPSA) is 57.7 Å². The number of thiophene rings is 1. The van der Waals surface area contributed by atoms with Crippen LogP contribution in [0.3, 0.4) is 0 Å². The van der Waals surface area contributed by atoms with E-state index >= 15 is 0 Å². The molecule has 1 aromatic heterocycles. The third-order valence-corrected chi connectivity index (χ3v) is 6.68. The van der Waals surface area contributed by atoms with Crippen LogP contribution >= 0.6 is 22.9 Å². The highest BCUT2D eigenvalue weighted by molar-refractivity contribution is 7.89. The van der Waals surface area contributed by atoms with Gasteiger partial charge in [0, 0.05) is 26.2 Å². The highest BCUT2D eigenvalue weighted by Gasteiger charge is 2.26. The van der Waals surface area contributed by atoms with Gasteiger partial charge < -0.3 is 4.90 Å². The maximum Gasteiger partial charge on any atom is 0.264 e. The van der Waals surface area contributed by atoms with Crippen molar-refractivity contribution in [3.63, 3.8) is 0 Å². The Morgan fingerprint density at radius 3 is 2.67 bits per heavy atom. The molecule has 0 aromatic carbocycles. The molecule has 21 heavy (non-hydrogen) atoms. The summed E-state index contributed by atoms with van der Waals surface area (Å²) in [5.74, 6) is 0.100. The molecule has 2 heterocycles. The minimum Gasteiger partial charge on any atom is -0.337 e. The van der Waals surface area contributed by atoms with Gasteiger partial charge in [0.2, 0.25) is 10.0 Å². The van der Waals surface area contributed by atoms with Crippen LogP contribution < -0.4 is 0 Å². The van der Waals surface area contributed by atoms with E-state index in [1.807, 2.05) is 6.92 Å². The molecule has 0 N–H and O–H groups in total. The lowest BCUT2D eigenvalue weighted by molar-refractivity contribution is 0.0769. The predicted octanol–water partition coefficient (Wildman–Crippen LogP) is 2.29. The summed E-state index contributed by atoms with van der Waals surface area (Å²) in [5.41, 5.74) is 0. The lowest BCUT2D eigenvalue weighted by Crippen LogP contribution is -2.38. The molecule has 0 unspecified atom stereocenters. The third-order valence-electron chi connectivity index (χ3n) is 3.38. The number of amides is 1. The van der Waals surface area contributed by atoms with E-state index in [4.69, 9.17) is 11.6 Å². The summed E-state index contributed by atoms with van der Waals surface area (Å²) in [6, 6.07) is 3.42. The fourth-order valence-corrected chi connectivity index (χ4v) is 4.90. The molecule has 1 aliphatic heterocycles. The molecule has 8 heteroatoms. The van der Waals surface area contributed by atoms with Crippen molar-refractivity contribution < 1.29 is 13.2 Å². The summed E-state index contributed by atoms with van der Waals surface area (Å²) in [4.78, 5) is 14.7. The van der Waals surface area contributed by atoms with Gasteiger partial charge in [0.1, 0.15) is 0 Å². The molecule has 0 spiro atoms. The molecule has 1 aliphatic rings. The molecule has 2 rings (SSSR count). The second-order valence-corrected chi connectivity index (χ2v) is 8.77. The van der Waals surface area contributed by atoms with Crippen LogP contribution in [0.5, 0.6) is 0 Å². The number of carbonyl (C=O) groups excluding carboxylic acids is 1. The summed E-state index contributed by atoms with van der Waals surface area (Å²) in [5, 5.41) is 0. The van der Waals surface area contributed by atoms with Crippen molar-refractivity contribution in [2.24, 2.45) is 0 Å². The monoisotopic (exact) mass is 350 g/mol. The molecule has 0 saturated carbocycles. The van der Waals surface area contributed by atoms with E-state index in [-0.39, 0.29) is 11.7 Å². The summed E-state index contributed by atoms with van der Waals surface area (Å²) < 4.78 is 26.3. The zero-order valence-corrected chi connectivity index (χ0v) is 14.3. The van der Waals surface area contributed by atoms with E-state index in [0.29, 0.717) is 48.2 Å². The molecule has 0 radical (unpaired) electrons. The van der Waals surface area contributed by atoms with Crippen LogP contribution in [-0.2, 0) is 10.0 Å². The van der Waals surface area contributed by atoms with E-state index in [9.17, 15) is 13.2 Å². The number of hydrogen-bond acceptors (Lipinski definition) is 4. The number of rotatable bonds is 4. The fraction of sp³-hybridized carbons (Fsp3) is 0.615. The number of carbonyl (C=O) groups is 1. The average molecular weight is 351 g/mol. The summed E-state index contributed by atoms with van der Waals surface area (Å²) in [6.45, 7) is 3.71. The average Bonchev–Trinajstić information content (AvgIpc) is 2.72. The van der Waals surface area contributed by atoms with E-state index < -0.39 is 10.0 Å². The van der Waals surface area contributed by atoms with Crippen LogP contribution in [0.1, 0.15) is 29.4 Å². The van der Waals surface area contributed by atoms with Gasteiger partial charge in [-0.2, -0.15) is 0 Å². The Balaban J connectivity index is 2.02. The molecular formula is C13H19ClN2O3S2. The SMILES string of the molecule is CCCS(=O)(=O)N1CCCN(C(=O)c2ccc(Cl)s2)CC1. The Labute approximate surface area is 134 Å². The van der Waals surface area contributed by atoms with Gasteiger partial charge in [-0.15, -0.1) is 11.3 Å². The number of hydrogen-bond donors (Lipinski definition) is 0. The van der Waals surface area contributed by atoms with Gasteiger partial charge in [0.05, 0.1) is 15.0 Å². The van der Waals surface area contributed by atoms with E-state index in [2.05, 4.69) is 0 Å². The molecule has 1 aromatic rings. The molecule has 1 amide bonds. The number of nitrogens with zero attached hydrogens (tertiary/aromatic N) is 2. The number of sulfonamides is 1. The van der Waals surface area contributed by atoms with Crippen molar-refractivity contribution in [1.29, 1.82) is 0 Å². The van der Waals surface area contributed by atoms with Crippen molar-refractivity contribution in [3.8, 4) is 0 Å². The summed E-state index contributed by atoms with van der Waals surface area (Å²) >= 11 is 7.11. The quantitative estimate of drug-likeness (QED) is 0.837. The minimum absolute atomic E-state index is 0.0679.